The molecular formula is C17H25N5O. The van der Waals surface area contributed by atoms with Crippen molar-refractivity contribution >= 4 is 16.9 Å². The first-order chi connectivity index (χ1) is 11.0. The van der Waals surface area contributed by atoms with E-state index < -0.39 is 0 Å². The molecule has 2 aromatic heterocycles. The lowest BCUT2D eigenvalue weighted by Gasteiger charge is -2.26. The summed E-state index contributed by atoms with van der Waals surface area (Å²) in [5, 5.41) is 5.65. The van der Waals surface area contributed by atoms with Crippen molar-refractivity contribution in [3.8, 4) is 0 Å². The second kappa shape index (κ2) is 5.44. The monoisotopic (exact) mass is 315 g/mol. The van der Waals surface area contributed by atoms with E-state index in [0.29, 0.717) is 12.0 Å². The Hall–Kier alpha value is -1.69. The maximum absolute atomic E-state index is 5.55. The van der Waals surface area contributed by atoms with Gasteiger partial charge >= 0.3 is 0 Å². The third kappa shape index (κ3) is 2.80. The van der Waals surface area contributed by atoms with Gasteiger partial charge in [-0.15, -0.1) is 0 Å². The van der Waals surface area contributed by atoms with Crippen molar-refractivity contribution in [2.24, 2.45) is 5.92 Å². The molecule has 4 rings (SSSR count). The summed E-state index contributed by atoms with van der Waals surface area (Å²) in [6.45, 7) is 9.24. The molecule has 1 aliphatic carbocycles. The van der Waals surface area contributed by atoms with Crippen LogP contribution in [0.5, 0.6) is 0 Å². The van der Waals surface area contributed by atoms with Gasteiger partial charge in [0, 0.05) is 25.1 Å². The molecule has 2 fully saturated rings. The van der Waals surface area contributed by atoms with Gasteiger partial charge in [-0.1, -0.05) is 0 Å². The van der Waals surface area contributed by atoms with Crippen molar-refractivity contribution in [1.82, 2.24) is 19.7 Å². The van der Waals surface area contributed by atoms with Crippen LogP contribution in [0.15, 0.2) is 12.5 Å². The summed E-state index contributed by atoms with van der Waals surface area (Å²) in [4.78, 5) is 11.6. The Balaban J connectivity index is 1.72. The number of rotatable bonds is 4. The second-order valence-corrected chi connectivity index (χ2v) is 7.77. The van der Waals surface area contributed by atoms with Gasteiger partial charge in [-0.3, -0.25) is 0 Å². The van der Waals surface area contributed by atoms with E-state index in [9.17, 15) is 0 Å². The highest BCUT2D eigenvalue weighted by atomic mass is 16.5. The number of fused-ring (bicyclic) bond motifs is 1. The van der Waals surface area contributed by atoms with Crippen LogP contribution in [0.4, 0.5) is 5.82 Å². The molecule has 0 bridgehead atoms. The van der Waals surface area contributed by atoms with Crippen LogP contribution >= 0.6 is 0 Å². The molecule has 0 unspecified atom stereocenters. The lowest BCUT2D eigenvalue weighted by atomic mass is 10.1. The summed E-state index contributed by atoms with van der Waals surface area (Å²) in [5.74, 6) is 1.65. The van der Waals surface area contributed by atoms with Crippen LogP contribution in [0, 0.1) is 5.92 Å². The summed E-state index contributed by atoms with van der Waals surface area (Å²) in [7, 11) is 0. The molecule has 23 heavy (non-hydrogen) atoms. The molecule has 1 saturated heterocycles. The van der Waals surface area contributed by atoms with Gasteiger partial charge in [0.15, 0.2) is 5.65 Å². The average Bonchev–Trinajstić information content (AvgIpc) is 3.03. The van der Waals surface area contributed by atoms with Gasteiger partial charge in [0.2, 0.25) is 0 Å². The van der Waals surface area contributed by atoms with Crippen molar-refractivity contribution in [3.05, 3.63) is 12.5 Å². The fourth-order valence-electron chi connectivity index (χ4n) is 3.35. The predicted molar refractivity (Wildman–Crippen MR) is 89.6 cm³/mol. The van der Waals surface area contributed by atoms with Crippen LogP contribution in [0.2, 0.25) is 0 Å². The van der Waals surface area contributed by atoms with Gasteiger partial charge in [0.1, 0.15) is 12.1 Å². The molecule has 0 N–H and O–H groups in total. The highest BCUT2D eigenvalue weighted by Gasteiger charge is 2.34. The van der Waals surface area contributed by atoms with Crippen molar-refractivity contribution in [2.45, 2.75) is 51.6 Å². The van der Waals surface area contributed by atoms with Gasteiger partial charge in [0.25, 0.3) is 0 Å². The fraction of sp³-hybridized carbons (Fsp3) is 0.706. The zero-order valence-corrected chi connectivity index (χ0v) is 14.2. The van der Waals surface area contributed by atoms with E-state index in [4.69, 9.17) is 4.74 Å². The van der Waals surface area contributed by atoms with Crippen LogP contribution in [0.3, 0.4) is 0 Å². The second-order valence-electron chi connectivity index (χ2n) is 7.77. The molecule has 3 heterocycles. The Labute approximate surface area is 136 Å². The number of ether oxygens (including phenoxy) is 1. The normalized spacial score (nSPS) is 22.0. The smallest absolute Gasteiger partial charge is 0.163 e. The number of hydrogen-bond donors (Lipinski definition) is 0. The largest absolute Gasteiger partial charge is 0.381 e. The van der Waals surface area contributed by atoms with E-state index in [-0.39, 0.29) is 5.54 Å². The summed E-state index contributed by atoms with van der Waals surface area (Å²) in [5.41, 5.74) is 0.840. The molecule has 2 aliphatic rings. The first-order valence-corrected chi connectivity index (χ1v) is 8.57. The van der Waals surface area contributed by atoms with E-state index in [1.165, 1.54) is 12.8 Å². The van der Waals surface area contributed by atoms with Crippen LogP contribution in [0.1, 0.15) is 40.0 Å². The molecule has 124 valence electrons. The zero-order chi connectivity index (χ0) is 16.0. The molecule has 1 saturated carbocycles. The summed E-state index contributed by atoms with van der Waals surface area (Å²) >= 11 is 0. The molecule has 6 heteroatoms. The minimum absolute atomic E-state index is 0.0862. The molecule has 1 atom stereocenters. The van der Waals surface area contributed by atoms with Crippen LogP contribution in [0.25, 0.3) is 11.0 Å². The topological polar surface area (TPSA) is 56.1 Å². The molecule has 6 nitrogen and oxygen atoms in total. The number of hydrogen-bond acceptors (Lipinski definition) is 5. The van der Waals surface area contributed by atoms with Gasteiger partial charge < -0.3 is 9.64 Å². The van der Waals surface area contributed by atoms with Crippen LogP contribution in [-0.4, -0.2) is 45.5 Å². The first kappa shape index (κ1) is 14.9. The summed E-state index contributed by atoms with van der Waals surface area (Å²) in [6.07, 6.45) is 7.27. The van der Waals surface area contributed by atoms with Gasteiger partial charge in [-0.25, -0.2) is 14.6 Å². The highest BCUT2D eigenvalue weighted by molar-refractivity contribution is 5.87. The van der Waals surface area contributed by atoms with Crippen LogP contribution in [-0.2, 0) is 10.3 Å². The first-order valence-electron chi connectivity index (χ1n) is 8.57. The molecule has 0 aromatic carbocycles. The Bertz CT molecular complexity index is 695. The molecule has 2 aromatic rings. The maximum atomic E-state index is 5.55. The highest BCUT2D eigenvalue weighted by Crippen LogP contribution is 2.36. The van der Waals surface area contributed by atoms with E-state index in [2.05, 4.69) is 40.7 Å². The van der Waals surface area contributed by atoms with Gasteiger partial charge in [0.05, 0.1) is 23.7 Å². The molecular weight excluding hydrogens is 290 g/mol. The third-order valence-corrected chi connectivity index (χ3v) is 4.72. The van der Waals surface area contributed by atoms with Gasteiger partial charge in [-0.2, -0.15) is 5.10 Å². The van der Waals surface area contributed by atoms with E-state index in [0.717, 1.165) is 43.0 Å². The quantitative estimate of drug-likeness (QED) is 0.868. The Morgan fingerprint density at radius 3 is 2.74 bits per heavy atom. The Kier molecular flexibility index (Phi) is 3.52. The van der Waals surface area contributed by atoms with E-state index >= 15 is 0 Å². The molecule has 0 amide bonds. The Morgan fingerprint density at radius 1 is 1.26 bits per heavy atom. The lowest BCUT2D eigenvalue weighted by Crippen LogP contribution is -2.32. The Morgan fingerprint density at radius 2 is 2.09 bits per heavy atom. The minimum atomic E-state index is -0.0862. The third-order valence-electron chi connectivity index (χ3n) is 4.72. The van der Waals surface area contributed by atoms with E-state index in [1.807, 2.05) is 10.9 Å². The predicted octanol–water partition coefficient (Wildman–Crippen LogP) is 2.59. The van der Waals surface area contributed by atoms with Gasteiger partial charge in [-0.05, 0) is 40.0 Å². The molecule has 0 radical (unpaired) electrons. The summed E-state index contributed by atoms with van der Waals surface area (Å²) < 4.78 is 7.55. The fourth-order valence-corrected chi connectivity index (χ4v) is 3.35. The number of aromatic nitrogens is 4. The van der Waals surface area contributed by atoms with Crippen molar-refractivity contribution in [2.75, 3.05) is 24.7 Å². The maximum Gasteiger partial charge on any atom is 0.163 e. The standard InChI is InChI=1S/C17H25N5O/c1-17(2,3)22-16-14(8-20-22)15(18-11-19-16)21(13-4-5-13)9-12-6-7-23-10-12/h8,11-13H,4-7,9-10H2,1-3H3/t12-/m0/s1. The lowest BCUT2D eigenvalue weighted by molar-refractivity contribution is 0.186. The summed E-state index contributed by atoms with van der Waals surface area (Å²) in [6, 6.07) is 0.617. The minimum Gasteiger partial charge on any atom is -0.381 e. The van der Waals surface area contributed by atoms with Crippen LogP contribution < -0.4 is 4.90 Å². The van der Waals surface area contributed by atoms with Crippen molar-refractivity contribution in [1.29, 1.82) is 0 Å². The average molecular weight is 315 g/mol. The SMILES string of the molecule is CC(C)(C)n1ncc2c(N(C[C@@H]3CCOC3)C3CC3)ncnc21. The molecule has 0 spiro atoms. The molecule has 1 aliphatic heterocycles. The zero-order valence-electron chi connectivity index (χ0n) is 14.2. The van der Waals surface area contributed by atoms with E-state index in [1.54, 1.807) is 6.33 Å². The number of nitrogens with zero attached hydrogens (tertiary/aromatic N) is 5. The van der Waals surface area contributed by atoms with Crippen molar-refractivity contribution in [3.63, 3.8) is 0 Å². The van der Waals surface area contributed by atoms with Crippen molar-refractivity contribution < 1.29 is 4.74 Å². The number of anilines is 1.